The van der Waals surface area contributed by atoms with Gasteiger partial charge in [0.1, 0.15) is 12.4 Å². The number of nitrogens with one attached hydrogen (secondary N) is 2. The van der Waals surface area contributed by atoms with E-state index in [-0.39, 0.29) is 23.7 Å². The van der Waals surface area contributed by atoms with E-state index in [0.717, 1.165) is 24.8 Å². The minimum absolute atomic E-state index is 0.0541. The van der Waals surface area contributed by atoms with Crippen LogP contribution in [0.5, 0.6) is 0 Å². The number of carbonyl (C=O) groups excluding carboxylic acids is 1. The van der Waals surface area contributed by atoms with Crippen LogP contribution < -0.4 is 10.6 Å². The molecule has 0 bridgehead atoms. The minimum atomic E-state index is -0.210. The van der Waals surface area contributed by atoms with E-state index in [9.17, 15) is 9.18 Å². The lowest BCUT2D eigenvalue weighted by atomic mass is 9.96. The molecule has 1 aromatic carbocycles. The van der Waals surface area contributed by atoms with Crippen LogP contribution in [0.25, 0.3) is 0 Å². The summed E-state index contributed by atoms with van der Waals surface area (Å²) >= 11 is 0. The van der Waals surface area contributed by atoms with E-state index >= 15 is 0 Å². The van der Waals surface area contributed by atoms with Gasteiger partial charge in [0.2, 0.25) is 5.91 Å². The van der Waals surface area contributed by atoms with Crippen LogP contribution in [-0.2, 0) is 14.9 Å². The molecule has 7 heteroatoms. The Labute approximate surface area is 161 Å². The molecule has 0 heterocycles. The molecule has 1 aliphatic rings. The van der Waals surface area contributed by atoms with E-state index in [2.05, 4.69) is 15.6 Å². The molecule has 0 unspecified atom stereocenters. The number of nitrogens with zero attached hydrogens (tertiary/aromatic N) is 2. The lowest BCUT2D eigenvalue weighted by Gasteiger charge is -2.19. The zero-order valence-electron chi connectivity index (χ0n) is 16.6. The molecule has 2 N–H and O–H groups in total. The molecule has 0 saturated heterocycles. The van der Waals surface area contributed by atoms with E-state index < -0.39 is 0 Å². The number of likely N-dealkylation sites (N-methyl/N-ethyl adjacent to an activating group) is 1. The predicted molar refractivity (Wildman–Crippen MR) is 105 cm³/mol. The zero-order valence-corrected chi connectivity index (χ0v) is 16.6. The van der Waals surface area contributed by atoms with Gasteiger partial charge < -0.3 is 20.3 Å². The molecular formula is C20H31FN4O2. The number of hydrogen-bond donors (Lipinski definition) is 2. The van der Waals surface area contributed by atoms with E-state index in [1.165, 1.54) is 11.0 Å². The van der Waals surface area contributed by atoms with Crippen molar-refractivity contribution in [1.29, 1.82) is 0 Å². The first-order valence-corrected chi connectivity index (χ1v) is 9.53. The molecule has 0 spiro atoms. The van der Waals surface area contributed by atoms with Gasteiger partial charge in [-0.3, -0.25) is 4.79 Å². The second kappa shape index (κ2) is 10.3. The minimum Gasteiger partial charge on any atom is -0.382 e. The number of amides is 1. The van der Waals surface area contributed by atoms with Crippen molar-refractivity contribution in [2.45, 2.75) is 31.6 Å². The highest BCUT2D eigenvalue weighted by molar-refractivity contribution is 5.84. The summed E-state index contributed by atoms with van der Waals surface area (Å²) in [5, 5.41) is 6.58. The van der Waals surface area contributed by atoms with Crippen molar-refractivity contribution in [3.63, 3.8) is 0 Å². The van der Waals surface area contributed by atoms with Crippen molar-refractivity contribution in [2.75, 3.05) is 46.9 Å². The Morgan fingerprint density at radius 3 is 2.74 bits per heavy atom. The number of rotatable bonds is 10. The van der Waals surface area contributed by atoms with E-state index in [0.29, 0.717) is 32.3 Å². The van der Waals surface area contributed by atoms with Gasteiger partial charge in [0, 0.05) is 45.8 Å². The summed E-state index contributed by atoms with van der Waals surface area (Å²) in [7, 11) is 3.42. The van der Waals surface area contributed by atoms with E-state index in [1.54, 1.807) is 26.2 Å². The third kappa shape index (κ3) is 6.82. The number of halogens is 1. The van der Waals surface area contributed by atoms with Crippen LogP contribution >= 0.6 is 0 Å². The van der Waals surface area contributed by atoms with Crippen molar-refractivity contribution >= 4 is 11.9 Å². The molecule has 1 amide bonds. The van der Waals surface area contributed by atoms with Gasteiger partial charge in [0.05, 0.1) is 0 Å². The second-order valence-corrected chi connectivity index (χ2v) is 7.07. The van der Waals surface area contributed by atoms with Gasteiger partial charge in [-0.15, -0.1) is 0 Å². The predicted octanol–water partition coefficient (Wildman–Crippen LogP) is 1.91. The average Bonchev–Trinajstić information content (AvgIpc) is 3.44. The van der Waals surface area contributed by atoms with Gasteiger partial charge in [0.25, 0.3) is 0 Å². The Morgan fingerprint density at radius 1 is 1.33 bits per heavy atom. The van der Waals surface area contributed by atoms with Crippen molar-refractivity contribution in [3.8, 4) is 0 Å². The fourth-order valence-corrected chi connectivity index (χ4v) is 2.78. The maximum absolute atomic E-state index is 13.6. The standard InChI is InChI=1S/C20H31FN4O2/c1-4-27-12-6-11-22-19(23-14-18(26)25(2)3)24-15-20(9-10-20)16-7-5-8-17(21)13-16/h5,7-8,13H,4,6,9-12,14-15H2,1-3H3,(H2,22,23,24). The normalized spacial score (nSPS) is 15.3. The molecule has 150 valence electrons. The maximum Gasteiger partial charge on any atom is 0.243 e. The largest absolute Gasteiger partial charge is 0.382 e. The van der Waals surface area contributed by atoms with Gasteiger partial charge in [-0.05, 0) is 43.9 Å². The number of aliphatic imine (C=N–C) groups is 1. The SMILES string of the molecule is CCOCCCNC(=NCC(=O)N(C)C)NCC1(c2cccc(F)c2)CC1. The van der Waals surface area contributed by atoms with Crippen molar-refractivity contribution in [1.82, 2.24) is 15.5 Å². The molecule has 1 fully saturated rings. The van der Waals surface area contributed by atoms with Crippen LogP contribution in [0, 0.1) is 5.82 Å². The second-order valence-electron chi connectivity index (χ2n) is 7.07. The molecular weight excluding hydrogens is 347 g/mol. The zero-order chi connectivity index (χ0) is 19.7. The van der Waals surface area contributed by atoms with Crippen LogP contribution in [0.4, 0.5) is 4.39 Å². The Balaban J connectivity index is 1.94. The molecule has 0 atom stereocenters. The van der Waals surface area contributed by atoms with Gasteiger partial charge >= 0.3 is 0 Å². The molecule has 0 radical (unpaired) electrons. The average molecular weight is 378 g/mol. The first-order chi connectivity index (χ1) is 13.0. The molecule has 0 aromatic heterocycles. The van der Waals surface area contributed by atoms with Crippen LogP contribution in [0.2, 0.25) is 0 Å². The highest BCUT2D eigenvalue weighted by Gasteiger charge is 2.44. The van der Waals surface area contributed by atoms with E-state index in [4.69, 9.17) is 4.74 Å². The Kier molecular flexibility index (Phi) is 8.03. The summed E-state index contributed by atoms with van der Waals surface area (Å²) in [5.74, 6) is 0.333. The van der Waals surface area contributed by atoms with Gasteiger partial charge in [-0.25, -0.2) is 9.38 Å². The van der Waals surface area contributed by atoms with E-state index in [1.807, 2.05) is 13.0 Å². The first-order valence-electron chi connectivity index (χ1n) is 9.53. The smallest absolute Gasteiger partial charge is 0.243 e. The highest BCUT2D eigenvalue weighted by Crippen LogP contribution is 2.47. The van der Waals surface area contributed by atoms with Crippen molar-refractivity contribution in [2.24, 2.45) is 4.99 Å². The summed E-state index contributed by atoms with van der Waals surface area (Å²) in [5.41, 5.74) is 0.955. The number of guanidine groups is 1. The Hall–Kier alpha value is -2.15. The molecule has 0 aliphatic heterocycles. The summed E-state index contributed by atoms with van der Waals surface area (Å²) < 4.78 is 18.9. The fourth-order valence-electron chi connectivity index (χ4n) is 2.78. The molecule has 6 nitrogen and oxygen atoms in total. The third-order valence-corrected chi connectivity index (χ3v) is 4.72. The van der Waals surface area contributed by atoms with Gasteiger partial charge in [-0.1, -0.05) is 12.1 Å². The van der Waals surface area contributed by atoms with Crippen molar-refractivity contribution in [3.05, 3.63) is 35.6 Å². The summed E-state index contributed by atoms with van der Waals surface area (Å²) in [6.07, 6.45) is 2.88. The maximum atomic E-state index is 13.6. The number of hydrogen-bond acceptors (Lipinski definition) is 3. The Bertz CT molecular complexity index is 645. The number of benzene rings is 1. The summed E-state index contributed by atoms with van der Waals surface area (Å²) in [6.45, 7) is 4.79. The number of ether oxygens (including phenoxy) is 1. The summed E-state index contributed by atoms with van der Waals surface area (Å²) in [6, 6.07) is 6.80. The third-order valence-electron chi connectivity index (χ3n) is 4.72. The molecule has 1 aliphatic carbocycles. The molecule has 1 aromatic rings. The lowest BCUT2D eigenvalue weighted by molar-refractivity contribution is -0.127. The first kappa shape index (κ1) is 21.2. The number of carbonyl (C=O) groups is 1. The van der Waals surface area contributed by atoms with Crippen LogP contribution in [-0.4, -0.2) is 63.7 Å². The molecule has 2 rings (SSSR count). The van der Waals surface area contributed by atoms with Gasteiger partial charge in [-0.2, -0.15) is 0 Å². The highest BCUT2D eigenvalue weighted by atomic mass is 19.1. The van der Waals surface area contributed by atoms with Crippen LogP contribution in [0.15, 0.2) is 29.3 Å². The van der Waals surface area contributed by atoms with Crippen LogP contribution in [0.1, 0.15) is 31.7 Å². The summed E-state index contributed by atoms with van der Waals surface area (Å²) in [4.78, 5) is 17.7. The topological polar surface area (TPSA) is 66.0 Å². The van der Waals surface area contributed by atoms with Crippen molar-refractivity contribution < 1.29 is 13.9 Å². The Morgan fingerprint density at radius 2 is 2.11 bits per heavy atom. The quantitative estimate of drug-likeness (QED) is 0.371. The molecule has 1 saturated carbocycles. The van der Waals surface area contributed by atoms with Crippen LogP contribution in [0.3, 0.4) is 0 Å². The monoisotopic (exact) mass is 378 g/mol. The fraction of sp³-hybridized carbons (Fsp3) is 0.600. The lowest BCUT2D eigenvalue weighted by Crippen LogP contribution is -2.42. The van der Waals surface area contributed by atoms with Gasteiger partial charge in [0.15, 0.2) is 5.96 Å². The molecule has 27 heavy (non-hydrogen) atoms.